The van der Waals surface area contributed by atoms with Gasteiger partial charge in [0, 0.05) is 19.8 Å². The number of nitrogens with zero attached hydrogens (tertiary/aromatic N) is 2. The fourth-order valence-corrected chi connectivity index (χ4v) is 1.24. The summed E-state index contributed by atoms with van der Waals surface area (Å²) in [7, 11) is 3.79. The van der Waals surface area contributed by atoms with Crippen molar-refractivity contribution < 1.29 is 9.53 Å². The lowest BCUT2D eigenvalue weighted by Gasteiger charge is -2.23. The lowest BCUT2D eigenvalue weighted by Crippen LogP contribution is -2.39. The molecular formula is C10H17N3O2. The van der Waals surface area contributed by atoms with E-state index in [2.05, 4.69) is 10.3 Å². The Morgan fingerprint density at radius 1 is 1.60 bits per heavy atom. The zero-order valence-electron chi connectivity index (χ0n) is 9.63. The molecule has 84 valence electrons. The summed E-state index contributed by atoms with van der Waals surface area (Å²) in [5.41, 5.74) is 1.41. The van der Waals surface area contributed by atoms with Gasteiger partial charge in [-0.25, -0.2) is 9.79 Å². The Kier molecular flexibility index (Phi) is 3.71. The number of hydrogen-bond acceptors (Lipinski definition) is 5. The van der Waals surface area contributed by atoms with Crippen molar-refractivity contribution in [1.82, 2.24) is 10.2 Å². The Morgan fingerprint density at radius 2 is 2.27 bits per heavy atom. The third kappa shape index (κ3) is 2.71. The van der Waals surface area contributed by atoms with Crippen molar-refractivity contribution in [3.8, 4) is 0 Å². The van der Waals surface area contributed by atoms with Crippen LogP contribution in [0.1, 0.15) is 13.8 Å². The highest BCUT2D eigenvalue weighted by Gasteiger charge is 2.19. The van der Waals surface area contributed by atoms with Crippen molar-refractivity contribution >= 4 is 11.9 Å². The van der Waals surface area contributed by atoms with Gasteiger partial charge in [0.05, 0.1) is 18.7 Å². The lowest BCUT2D eigenvalue weighted by molar-refractivity contribution is -0.138. The van der Waals surface area contributed by atoms with Crippen LogP contribution in [0.5, 0.6) is 0 Å². The fraction of sp³-hybridized carbons (Fsp3) is 0.600. The standard InChI is InChI=1S/C10H17N3O2/c1-5-15-9(14)8-6-11-10(13(3)4)12-7(8)2/h5-6H2,1-4H3,(H,11,12). The average molecular weight is 211 g/mol. The summed E-state index contributed by atoms with van der Waals surface area (Å²) >= 11 is 0. The number of ether oxygens (including phenoxy) is 1. The van der Waals surface area contributed by atoms with Crippen LogP contribution in [0.4, 0.5) is 0 Å². The second kappa shape index (κ2) is 4.82. The van der Waals surface area contributed by atoms with Crippen LogP contribution in [-0.4, -0.2) is 44.1 Å². The molecule has 0 amide bonds. The van der Waals surface area contributed by atoms with Crippen molar-refractivity contribution in [1.29, 1.82) is 0 Å². The van der Waals surface area contributed by atoms with Crippen molar-refractivity contribution in [2.75, 3.05) is 27.2 Å². The van der Waals surface area contributed by atoms with Gasteiger partial charge in [0.1, 0.15) is 0 Å². The largest absolute Gasteiger partial charge is 0.463 e. The Bertz CT molecular complexity index is 319. The third-order valence-corrected chi connectivity index (χ3v) is 2.08. The molecule has 0 atom stereocenters. The van der Waals surface area contributed by atoms with Crippen LogP contribution in [0, 0.1) is 0 Å². The molecule has 0 saturated carbocycles. The molecule has 0 fully saturated rings. The number of carbonyl (C=O) groups is 1. The maximum atomic E-state index is 11.5. The molecule has 1 rings (SSSR count). The number of nitrogens with one attached hydrogen (secondary N) is 1. The maximum absolute atomic E-state index is 11.5. The first kappa shape index (κ1) is 11.6. The number of allylic oxidation sites excluding steroid dienone is 1. The van der Waals surface area contributed by atoms with Crippen LogP contribution in [0.15, 0.2) is 16.3 Å². The van der Waals surface area contributed by atoms with E-state index in [9.17, 15) is 4.79 Å². The van der Waals surface area contributed by atoms with Crippen molar-refractivity contribution in [2.24, 2.45) is 4.99 Å². The summed E-state index contributed by atoms with van der Waals surface area (Å²) in [5.74, 6) is 0.476. The van der Waals surface area contributed by atoms with Crippen LogP contribution in [0.3, 0.4) is 0 Å². The molecule has 0 saturated heterocycles. The van der Waals surface area contributed by atoms with Crippen molar-refractivity contribution in [3.63, 3.8) is 0 Å². The Morgan fingerprint density at radius 3 is 2.73 bits per heavy atom. The number of aliphatic imine (C=N–C) groups is 1. The first-order valence-electron chi connectivity index (χ1n) is 4.92. The van der Waals surface area contributed by atoms with Gasteiger partial charge in [-0.15, -0.1) is 0 Å². The normalized spacial score (nSPS) is 15.6. The van der Waals surface area contributed by atoms with E-state index in [1.165, 1.54) is 0 Å². The summed E-state index contributed by atoms with van der Waals surface area (Å²) in [6, 6.07) is 0. The molecule has 0 spiro atoms. The first-order chi connectivity index (χ1) is 7.06. The molecule has 15 heavy (non-hydrogen) atoms. The lowest BCUT2D eigenvalue weighted by atomic mass is 10.2. The van der Waals surface area contributed by atoms with Gasteiger partial charge in [0.15, 0.2) is 5.96 Å². The maximum Gasteiger partial charge on any atom is 0.337 e. The van der Waals surface area contributed by atoms with Crippen LogP contribution in [0.2, 0.25) is 0 Å². The molecule has 0 radical (unpaired) electrons. The minimum absolute atomic E-state index is 0.288. The second-order valence-electron chi connectivity index (χ2n) is 3.48. The van der Waals surface area contributed by atoms with Gasteiger partial charge in [-0.3, -0.25) is 0 Å². The Balaban J connectivity index is 2.71. The molecule has 1 heterocycles. The van der Waals surface area contributed by atoms with Gasteiger partial charge in [-0.05, 0) is 13.8 Å². The summed E-state index contributed by atoms with van der Waals surface area (Å²) in [4.78, 5) is 17.6. The number of carbonyl (C=O) groups excluding carboxylic acids is 1. The minimum Gasteiger partial charge on any atom is -0.463 e. The van der Waals surface area contributed by atoms with Crippen LogP contribution >= 0.6 is 0 Å². The van der Waals surface area contributed by atoms with Gasteiger partial charge in [-0.1, -0.05) is 0 Å². The van der Waals surface area contributed by atoms with Gasteiger partial charge < -0.3 is 15.0 Å². The number of guanidine groups is 1. The second-order valence-corrected chi connectivity index (χ2v) is 3.48. The van der Waals surface area contributed by atoms with E-state index in [4.69, 9.17) is 4.74 Å². The molecular weight excluding hydrogens is 194 g/mol. The molecule has 0 aromatic heterocycles. The van der Waals surface area contributed by atoms with E-state index < -0.39 is 0 Å². The van der Waals surface area contributed by atoms with Gasteiger partial charge in [0.25, 0.3) is 0 Å². The van der Waals surface area contributed by atoms with Crippen LogP contribution < -0.4 is 5.32 Å². The summed E-state index contributed by atoms with van der Waals surface area (Å²) in [6.07, 6.45) is 0. The van der Waals surface area contributed by atoms with Gasteiger partial charge in [-0.2, -0.15) is 0 Å². The summed E-state index contributed by atoms with van der Waals surface area (Å²) < 4.78 is 4.93. The molecule has 1 aliphatic heterocycles. The fourth-order valence-electron chi connectivity index (χ4n) is 1.24. The smallest absolute Gasteiger partial charge is 0.337 e. The zero-order valence-corrected chi connectivity index (χ0v) is 9.63. The van der Waals surface area contributed by atoms with E-state index in [-0.39, 0.29) is 5.97 Å². The molecule has 0 bridgehead atoms. The molecule has 0 aliphatic carbocycles. The highest BCUT2D eigenvalue weighted by atomic mass is 16.5. The van der Waals surface area contributed by atoms with E-state index in [0.717, 1.165) is 11.7 Å². The van der Waals surface area contributed by atoms with Crippen molar-refractivity contribution in [2.45, 2.75) is 13.8 Å². The minimum atomic E-state index is -0.288. The molecule has 0 aromatic carbocycles. The molecule has 0 unspecified atom stereocenters. The summed E-state index contributed by atoms with van der Waals surface area (Å²) in [5, 5.41) is 3.06. The molecule has 0 aromatic rings. The predicted octanol–water partition coefficient (Wildman–Crippen LogP) is 0.344. The Hall–Kier alpha value is -1.52. The highest BCUT2D eigenvalue weighted by Crippen LogP contribution is 2.09. The van der Waals surface area contributed by atoms with Crippen molar-refractivity contribution in [3.05, 3.63) is 11.3 Å². The summed E-state index contributed by atoms with van der Waals surface area (Å²) in [6.45, 7) is 4.41. The highest BCUT2D eigenvalue weighted by molar-refractivity contribution is 5.93. The quantitative estimate of drug-likeness (QED) is 0.669. The van der Waals surface area contributed by atoms with Gasteiger partial charge in [0.2, 0.25) is 0 Å². The SMILES string of the molecule is CCOC(=O)C1=C(C)NC(N(C)C)=NC1. The molecule has 5 nitrogen and oxygen atoms in total. The van der Waals surface area contributed by atoms with E-state index in [1.54, 1.807) is 6.92 Å². The van der Waals surface area contributed by atoms with Gasteiger partial charge >= 0.3 is 5.97 Å². The molecule has 1 aliphatic rings. The monoisotopic (exact) mass is 211 g/mol. The van der Waals surface area contributed by atoms with Crippen LogP contribution in [0.25, 0.3) is 0 Å². The Labute approximate surface area is 89.8 Å². The number of hydrogen-bond donors (Lipinski definition) is 1. The average Bonchev–Trinajstić information content (AvgIpc) is 2.17. The first-order valence-corrected chi connectivity index (χ1v) is 4.92. The third-order valence-electron chi connectivity index (χ3n) is 2.08. The van der Waals surface area contributed by atoms with E-state index in [1.807, 2.05) is 25.9 Å². The zero-order chi connectivity index (χ0) is 11.4. The van der Waals surface area contributed by atoms with E-state index in [0.29, 0.717) is 18.7 Å². The predicted molar refractivity (Wildman–Crippen MR) is 58.5 cm³/mol. The molecule has 5 heteroatoms. The topological polar surface area (TPSA) is 53.9 Å². The number of esters is 1. The van der Waals surface area contributed by atoms with Crippen LogP contribution in [-0.2, 0) is 9.53 Å². The van der Waals surface area contributed by atoms with E-state index >= 15 is 0 Å². The number of rotatable bonds is 2. The molecule has 1 N–H and O–H groups in total.